The molecule has 1 atom stereocenters. The van der Waals surface area contributed by atoms with Gasteiger partial charge in [-0.25, -0.2) is 0 Å². The van der Waals surface area contributed by atoms with Crippen molar-refractivity contribution < 1.29 is 27.5 Å². The third-order valence-electron chi connectivity index (χ3n) is 4.49. The van der Waals surface area contributed by atoms with Crippen LogP contribution in [0.2, 0.25) is 0 Å². The second-order valence-corrected chi connectivity index (χ2v) is 6.71. The Morgan fingerprint density at radius 2 is 1.42 bits per heavy atom. The fraction of sp³-hybridized carbons (Fsp3) is 0.130. The van der Waals surface area contributed by atoms with Gasteiger partial charge in [0.05, 0.1) is 0 Å². The summed E-state index contributed by atoms with van der Waals surface area (Å²) >= 11 is 0. The molecule has 0 bridgehead atoms. The van der Waals surface area contributed by atoms with Crippen LogP contribution in [0.5, 0.6) is 5.75 Å². The van der Waals surface area contributed by atoms with Crippen LogP contribution in [-0.4, -0.2) is 23.1 Å². The number of primary amides is 1. The largest absolute Gasteiger partial charge is 0.573 e. The number of rotatable bonds is 7. The number of halogens is 3. The fourth-order valence-electron chi connectivity index (χ4n) is 3.15. The van der Waals surface area contributed by atoms with Crippen LogP contribution in [0, 0.1) is 0 Å². The van der Waals surface area contributed by atoms with Crippen molar-refractivity contribution in [2.45, 2.75) is 18.9 Å². The van der Waals surface area contributed by atoms with E-state index in [1.54, 1.807) is 60.7 Å². The molecule has 2 N–H and O–H groups in total. The lowest BCUT2D eigenvalue weighted by atomic mass is 10.0. The molecule has 8 heteroatoms. The Morgan fingerprint density at radius 3 is 1.94 bits per heavy atom. The Balaban J connectivity index is 1.96. The summed E-state index contributed by atoms with van der Waals surface area (Å²) in [4.78, 5) is 26.9. The number of carbonyl (C=O) groups excluding carboxylic acids is 2. The molecular formula is C23H19F3N2O3. The molecule has 0 saturated carbocycles. The van der Waals surface area contributed by atoms with Crippen molar-refractivity contribution in [1.82, 2.24) is 4.90 Å². The van der Waals surface area contributed by atoms with Gasteiger partial charge in [0.1, 0.15) is 11.8 Å². The summed E-state index contributed by atoms with van der Waals surface area (Å²) < 4.78 is 41.1. The Bertz CT molecular complexity index is 1020. The minimum atomic E-state index is -4.80. The number of nitrogens with zero attached hydrogens (tertiary/aromatic N) is 1. The highest BCUT2D eigenvalue weighted by atomic mass is 19.4. The molecule has 0 saturated heterocycles. The van der Waals surface area contributed by atoms with Gasteiger partial charge in [-0.3, -0.25) is 9.59 Å². The van der Waals surface area contributed by atoms with Crippen LogP contribution in [0.15, 0.2) is 84.9 Å². The van der Waals surface area contributed by atoms with E-state index in [9.17, 15) is 22.8 Å². The van der Waals surface area contributed by atoms with Crippen molar-refractivity contribution in [3.05, 3.63) is 102 Å². The molecule has 0 fully saturated rings. The highest BCUT2D eigenvalue weighted by molar-refractivity contribution is 5.97. The molecule has 0 aliphatic carbocycles. The summed E-state index contributed by atoms with van der Waals surface area (Å²) in [6, 6.07) is 21.0. The van der Waals surface area contributed by atoms with Crippen molar-refractivity contribution in [3.63, 3.8) is 0 Å². The van der Waals surface area contributed by atoms with Crippen molar-refractivity contribution in [3.8, 4) is 5.75 Å². The maximum atomic E-state index is 13.3. The third kappa shape index (κ3) is 5.85. The zero-order chi connectivity index (χ0) is 22.4. The molecule has 5 nitrogen and oxygen atoms in total. The molecule has 2 amide bonds. The van der Waals surface area contributed by atoms with E-state index in [1.807, 2.05) is 0 Å². The first-order valence-electron chi connectivity index (χ1n) is 9.29. The average Bonchev–Trinajstić information content (AvgIpc) is 2.74. The van der Waals surface area contributed by atoms with Gasteiger partial charge in [0, 0.05) is 12.1 Å². The summed E-state index contributed by atoms with van der Waals surface area (Å²) in [7, 11) is 0. The van der Waals surface area contributed by atoms with Gasteiger partial charge in [0.15, 0.2) is 0 Å². The number of hydrogen-bond donors (Lipinski definition) is 1. The summed E-state index contributed by atoms with van der Waals surface area (Å²) in [6.07, 6.45) is -4.80. The molecule has 0 radical (unpaired) electrons. The second kappa shape index (κ2) is 9.34. The predicted molar refractivity (Wildman–Crippen MR) is 108 cm³/mol. The Hall–Kier alpha value is -3.81. The summed E-state index contributed by atoms with van der Waals surface area (Å²) in [5.41, 5.74) is 7.03. The highest BCUT2D eigenvalue weighted by Gasteiger charge is 2.32. The lowest BCUT2D eigenvalue weighted by Gasteiger charge is -2.30. The molecule has 160 valence electrons. The average molecular weight is 428 g/mol. The fourth-order valence-corrected chi connectivity index (χ4v) is 3.15. The van der Waals surface area contributed by atoms with Crippen LogP contribution >= 0.6 is 0 Å². The van der Waals surface area contributed by atoms with Crippen LogP contribution in [-0.2, 0) is 11.3 Å². The topological polar surface area (TPSA) is 72.6 Å². The van der Waals surface area contributed by atoms with Crippen LogP contribution < -0.4 is 10.5 Å². The number of benzene rings is 3. The third-order valence-corrected chi connectivity index (χ3v) is 4.49. The van der Waals surface area contributed by atoms with Gasteiger partial charge in [0.2, 0.25) is 5.91 Å². The van der Waals surface area contributed by atoms with E-state index in [-0.39, 0.29) is 12.3 Å². The van der Waals surface area contributed by atoms with Crippen LogP contribution in [0.4, 0.5) is 13.2 Å². The first-order chi connectivity index (χ1) is 14.7. The van der Waals surface area contributed by atoms with Gasteiger partial charge in [-0.1, -0.05) is 60.7 Å². The van der Waals surface area contributed by atoms with Crippen LogP contribution in [0.25, 0.3) is 0 Å². The SMILES string of the molecule is NC(=O)[C@@H](c1ccccc1)N(Cc1ccc(OC(F)(F)F)cc1)C(=O)c1ccccc1. The number of alkyl halides is 3. The maximum absolute atomic E-state index is 13.3. The summed E-state index contributed by atoms with van der Waals surface area (Å²) in [6.45, 7) is -0.0530. The Morgan fingerprint density at radius 1 is 0.871 bits per heavy atom. The molecule has 0 unspecified atom stereocenters. The molecule has 0 aromatic heterocycles. The summed E-state index contributed by atoms with van der Waals surface area (Å²) in [5, 5.41) is 0. The highest BCUT2D eigenvalue weighted by Crippen LogP contribution is 2.27. The van der Waals surface area contributed by atoms with Crippen molar-refractivity contribution >= 4 is 11.8 Å². The zero-order valence-electron chi connectivity index (χ0n) is 16.3. The lowest BCUT2D eigenvalue weighted by molar-refractivity contribution is -0.274. The van der Waals surface area contributed by atoms with E-state index in [1.165, 1.54) is 17.0 Å². The quantitative estimate of drug-likeness (QED) is 0.604. The van der Waals surface area contributed by atoms with E-state index in [2.05, 4.69) is 4.74 Å². The van der Waals surface area contributed by atoms with Gasteiger partial charge in [-0.15, -0.1) is 13.2 Å². The van der Waals surface area contributed by atoms with Crippen molar-refractivity contribution in [2.75, 3.05) is 0 Å². The number of hydrogen-bond acceptors (Lipinski definition) is 3. The van der Waals surface area contributed by atoms with E-state index in [4.69, 9.17) is 5.73 Å². The number of amides is 2. The van der Waals surface area contributed by atoms with Gasteiger partial charge in [-0.2, -0.15) is 0 Å². The molecule has 0 aliphatic heterocycles. The minimum Gasteiger partial charge on any atom is -0.406 e. The van der Waals surface area contributed by atoms with Crippen LogP contribution in [0.1, 0.15) is 27.5 Å². The molecule has 0 aliphatic rings. The van der Waals surface area contributed by atoms with Gasteiger partial charge in [-0.05, 0) is 35.4 Å². The van der Waals surface area contributed by atoms with Gasteiger partial charge < -0.3 is 15.4 Å². The molecule has 0 heterocycles. The monoisotopic (exact) mass is 428 g/mol. The first kappa shape index (κ1) is 21.9. The van der Waals surface area contributed by atoms with Gasteiger partial charge >= 0.3 is 6.36 Å². The van der Waals surface area contributed by atoms with Crippen LogP contribution in [0.3, 0.4) is 0 Å². The lowest BCUT2D eigenvalue weighted by Crippen LogP contribution is -2.41. The van der Waals surface area contributed by atoms with Crippen molar-refractivity contribution in [1.29, 1.82) is 0 Å². The van der Waals surface area contributed by atoms with E-state index in [0.29, 0.717) is 16.7 Å². The maximum Gasteiger partial charge on any atom is 0.573 e. The number of ether oxygens (including phenoxy) is 1. The molecule has 3 aromatic rings. The van der Waals surface area contributed by atoms with E-state index < -0.39 is 24.2 Å². The normalized spacial score (nSPS) is 12.1. The molecule has 0 spiro atoms. The van der Waals surface area contributed by atoms with E-state index in [0.717, 1.165) is 12.1 Å². The minimum absolute atomic E-state index is 0.0530. The van der Waals surface area contributed by atoms with Crippen molar-refractivity contribution in [2.24, 2.45) is 5.73 Å². The second-order valence-electron chi connectivity index (χ2n) is 6.71. The summed E-state index contributed by atoms with van der Waals surface area (Å²) in [5.74, 6) is -1.55. The molecule has 31 heavy (non-hydrogen) atoms. The first-order valence-corrected chi connectivity index (χ1v) is 9.29. The van der Waals surface area contributed by atoms with E-state index >= 15 is 0 Å². The molecular weight excluding hydrogens is 409 g/mol. The number of nitrogens with two attached hydrogens (primary N) is 1. The predicted octanol–water partition coefficient (Wildman–Crippen LogP) is 4.45. The molecule has 3 aromatic carbocycles. The standard InChI is InChI=1S/C23H19F3N2O3/c24-23(25,26)31-19-13-11-16(12-14-19)15-28(22(30)18-9-5-2-6-10-18)20(21(27)29)17-7-3-1-4-8-17/h1-14,20H,15H2,(H2,27,29)/t20-/m1/s1. The van der Waals surface area contributed by atoms with Gasteiger partial charge in [0.25, 0.3) is 5.91 Å². The number of carbonyl (C=O) groups is 2. The Labute approximate surface area is 176 Å². The smallest absolute Gasteiger partial charge is 0.406 e. The Kier molecular flexibility index (Phi) is 6.59. The zero-order valence-corrected chi connectivity index (χ0v) is 16.3. The molecule has 3 rings (SSSR count).